The summed E-state index contributed by atoms with van der Waals surface area (Å²) in [7, 11) is 0. The lowest BCUT2D eigenvalue weighted by molar-refractivity contribution is -0.133. The maximum Gasteiger partial charge on any atom is 0.307 e. The van der Waals surface area contributed by atoms with Gasteiger partial charge in [-0.1, -0.05) is 57.5 Å². The summed E-state index contributed by atoms with van der Waals surface area (Å²) in [5.74, 6) is -3.81. The predicted molar refractivity (Wildman–Crippen MR) is 64.9 cm³/mol. The van der Waals surface area contributed by atoms with Crippen LogP contribution in [0, 0.1) is 0 Å². The van der Waals surface area contributed by atoms with E-state index >= 15 is 0 Å². The maximum atomic E-state index is 12.5. The highest BCUT2D eigenvalue weighted by molar-refractivity contribution is 9.24. The van der Waals surface area contributed by atoms with E-state index in [1.54, 1.807) is 0 Å². The molecule has 0 saturated heterocycles. The van der Waals surface area contributed by atoms with Crippen LogP contribution in [0.15, 0.2) is 0 Å². The Hall–Kier alpha value is 0.680. The topological polar surface area (TPSA) is 0 Å². The maximum absolute atomic E-state index is 12.5. The van der Waals surface area contributed by atoms with Crippen molar-refractivity contribution in [3.8, 4) is 0 Å². The van der Waals surface area contributed by atoms with Crippen molar-refractivity contribution in [2.75, 3.05) is 0 Å². The van der Waals surface area contributed by atoms with Crippen LogP contribution in [-0.4, -0.2) is 16.1 Å². The van der Waals surface area contributed by atoms with Crippen molar-refractivity contribution in [1.29, 1.82) is 0 Å². The Morgan fingerprint density at radius 1 is 0.875 bits per heavy atom. The van der Waals surface area contributed by atoms with E-state index in [0.29, 0.717) is 10.2 Å². The summed E-state index contributed by atoms with van der Waals surface area (Å²) in [5, 5.41) is 0. The van der Waals surface area contributed by atoms with Crippen molar-refractivity contribution in [2.45, 2.75) is 61.0 Å². The lowest BCUT2D eigenvalue weighted by Gasteiger charge is -2.14. The first-order valence-electron chi connectivity index (χ1n) is 5.30. The highest BCUT2D eigenvalue weighted by atomic mass is 79.9. The SMILES string of the molecule is FC(F)C(F)(F)CCCCCCCC(Br)Br. The summed E-state index contributed by atoms with van der Waals surface area (Å²) >= 11 is 6.67. The molecule has 0 aliphatic carbocycles. The van der Waals surface area contributed by atoms with Crippen molar-refractivity contribution in [2.24, 2.45) is 0 Å². The highest BCUT2D eigenvalue weighted by Crippen LogP contribution is 2.29. The largest absolute Gasteiger partial charge is 0.307 e. The quantitative estimate of drug-likeness (QED) is 0.275. The van der Waals surface area contributed by atoms with Gasteiger partial charge in [0.1, 0.15) is 0 Å². The van der Waals surface area contributed by atoms with Crippen LogP contribution < -0.4 is 0 Å². The second kappa shape index (κ2) is 8.72. The molecule has 0 atom stereocenters. The molecule has 0 aromatic carbocycles. The molecule has 0 spiro atoms. The zero-order valence-electron chi connectivity index (χ0n) is 8.87. The normalized spacial score (nSPS) is 12.8. The fraction of sp³-hybridized carbons (Fsp3) is 1.00. The first-order valence-corrected chi connectivity index (χ1v) is 7.13. The molecule has 0 aliphatic heterocycles. The van der Waals surface area contributed by atoms with Gasteiger partial charge in [-0.3, -0.25) is 0 Å². The van der Waals surface area contributed by atoms with Crippen LogP contribution in [0.3, 0.4) is 0 Å². The fourth-order valence-corrected chi connectivity index (χ4v) is 1.95. The van der Waals surface area contributed by atoms with E-state index in [4.69, 9.17) is 0 Å². The van der Waals surface area contributed by atoms with Crippen molar-refractivity contribution >= 4 is 31.9 Å². The number of hydrogen-bond donors (Lipinski definition) is 0. The Balaban J connectivity index is 3.34. The first kappa shape index (κ1) is 16.7. The van der Waals surface area contributed by atoms with E-state index in [9.17, 15) is 17.6 Å². The van der Waals surface area contributed by atoms with Gasteiger partial charge in [0.25, 0.3) is 0 Å². The Labute approximate surface area is 110 Å². The molecule has 6 heteroatoms. The van der Waals surface area contributed by atoms with Crippen LogP contribution in [0.5, 0.6) is 0 Å². The molecule has 0 unspecified atom stereocenters. The molecule has 0 heterocycles. The van der Waals surface area contributed by atoms with Crippen LogP contribution in [0.2, 0.25) is 0 Å². The summed E-state index contributed by atoms with van der Waals surface area (Å²) in [6.45, 7) is 0. The minimum absolute atomic E-state index is 0.170. The monoisotopic (exact) mass is 370 g/mol. The third-order valence-electron chi connectivity index (χ3n) is 2.25. The molecular formula is C10H16Br2F4. The zero-order chi connectivity index (χ0) is 12.6. The van der Waals surface area contributed by atoms with Gasteiger partial charge < -0.3 is 0 Å². The summed E-state index contributed by atoms with van der Waals surface area (Å²) in [6.07, 6.45) is 0.292. The minimum Gasteiger partial charge on any atom is -0.204 e. The van der Waals surface area contributed by atoms with Crippen LogP contribution in [0.4, 0.5) is 17.6 Å². The van der Waals surface area contributed by atoms with E-state index in [-0.39, 0.29) is 6.42 Å². The molecular weight excluding hydrogens is 356 g/mol. The van der Waals surface area contributed by atoms with Crippen molar-refractivity contribution in [3.05, 3.63) is 0 Å². The molecule has 0 bridgehead atoms. The Bertz CT molecular complexity index is 174. The Kier molecular flexibility index (Phi) is 9.10. The molecule has 0 aromatic rings. The van der Waals surface area contributed by atoms with Gasteiger partial charge in [-0.25, -0.2) is 17.6 Å². The molecule has 0 amide bonds. The van der Waals surface area contributed by atoms with Gasteiger partial charge in [0.05, 0.1) is 3.74 Å². The van der Waals surface area contributed by atoms with E-state index in [2.05, 4.69) is 31.9 Å². The van der Waals surface area contributed by atoms with Gasteiger partial charge in [-0.15, -0.1) is 0 Å². The third kappa shape index (κ3) is 8.79. The Morgan fingerprint density at radius 3 is 1.88 bits per heavy atom. The van der Waals surface area contributed by atoms with Gasteiger partial charge >= 0.3 is 12.3 Å². The minimum atomic E-state index is -3.81. The molecule has 0 nitrogen and oxygen atoms in total. The molecule has 0 aromatic heterocycles. The van der Waals surface area contributed by atoms with Crippen molar-refractivity contribution < 1.29 is 17.6 Å². The standard InChI is InChI=1S/C10H16Br2F4/c11-8(12)6-4-2-1-3-5-7-10(15,16)9(13)14/h8-9H,1-7H2. The van der Waals surface area contributed by atoms with Gasteiger partial charge in [0.2, 0.25) is 0 Å². The number of unbranched alkanes of at least 4 members (excludes halogenated alkanes) is 4. The molecule has 98 valence electrons. The van der Waals surface area contributed by atoms with Crippen LogP contribution in [0.25, 0.3) is 0 Å². The van der Waals surface area contributed by atoms with E-state index in [0.717, 1.165) is 25.7 Å². The molecule has 0 aliphatic rings. The number of rotatable bonds is 9. The van der Waals surface area contributed by atoms with E-state index in [1.165, 1.54) is 0 Å². The lowest BCUT2D eigenvalue weighted by Crippen LogP contribution is -2.25. The van der Waals surface area contributed by atoms with Gasteiger partial charge in [0, 0.05) is 6.42 Å². The van der Waals surface area contributed by atoms with E-state index in [1.807, 2.05) is 0 Å². The third-order valence-corrected chi connectivity index (χ3v) is 3.17. The van der Waals surface area contributed by atoms with Gasteiger partial charge in [-0.05, 0) is 12.8 Å². The smallest absolute Gasteiger partial charge is 0.204 e. The molecule has 16 heavy (non-hydrogen) atoms. The van der Waals surface area contributed by atoms with Crippen LogP contribution in [0.1, 0.15) is 44.9 Å². The highest BCUT2D eigenvalue weighted by Gasteiger charge is 2.39. The second-order valence-corrected chi connectivity index (χ2v) is 7.20. The van der Waals surface area contributed by atoms with Crippen LogP contribution in [-0.2, 0) is 0 Å². The molecule has 0 N–H and O–H groups in total. The average Bonchev–Trinajstić information content (AvgIpc) is 2.15. The molecule has 0 rings (SSSR count). The summed E-state index contributed by atoms with van der Waals surface area (Å²) < 4.78 is 48.8. The summed E-state index contributed by atoms with van der Waals surface area (Å²) in [4.78, 5) is 0. The molecule has 0 saturated carbocycles. The summed E-state index contributed by atoms with van der Waals surface area (Å²) in [5.41, 5.74) is 0. The van der Waals surface area contributed by atoms with E-state index < -0.39 is 18.8 Å². The van der Waals surface area contributed by atoms with Crippen molar-refractivity contribution in [1.82, 2.24) is 0 Å². The first-order chi connectivity index (χ1) is 7.36. The zero-order valence-corrected chi connectivity index (χ0v) is 12.0. The Morgan fingerprint density at radius 2 is 1.38 bits per heavy atom. The number of alkyl halides is 6. The van der Waals surface area contributed by atoms with Gasteiger partial charge in [0.15, 0.2) is 0 Å². The van der Waals surface area contributed by atoms with Crippen LogP contribution >= 0.6 is 31.9 Å². The lowest BCUT2D eigenvalue weighted by atomic mass is 10.1. The predicted octanol–water partition coefficient (Wildman–Crippen LogP) is 5.73. The van der Waals surface area contributed by atoms with Crippen molar-refractivity contribution in [3.63, 3.8) is 0 Å². The molecule has 0 radical (unpaired) electrons. The van der Waals surface area contributed by atoms with Gasteiger partial charge in [-0.2, -0.15) is 0 Å². The fourth-order valence-electron chi connectivity index (χ4n) is 1.30. The summed E-state index contributed by atoms with van der Waals surface area (Å²) in [6, 6.07) is 0. The average molecular weight is 372 g/mol. The number of hydrogen-bond acceptors (Lipinski definition) is 0. The second-order valence-electron chi connectivity index (χ2n) is 3.76. The number of halogens is 6. The molecule has 0 fully saturated rings.